The van der Waals surface area contributed by atoms with Crippen LogP contribution in [0.2, 0.25) is 0 Å². The van der Waals surface area contributed by atoms with Crippen molar-refractivity contribution in [3.05, 3.63) is 24.1 Å². The van der Waals surface area contributed by atoms with E-state index in [1.165, 1.54) is 18.2 Å². The minimum atomic E-state index is -1.11. The van der Waals surface area contributed by atoms with Gasteiger partial charge in [-0.3, -0.25) is 0 Å². The fourth-order valence-electron chi connectivity index (χ4n) is 0.603. The van der Waals surface area contributed by atoms with Crippen molar-refractivity contribution in [2.24, 2.45) is 0 Å². The Bertz CT molecular complexity index is 135. The Labute approximate surface area is 46.5 Å². The number of hydrogen-bond acceptors (Lipinski definition) is 0. The highest BCUT2D eigenvalue weighted by atomic mass is 19.1. The molecule has 0 radical (unpaired) electrons. The molecule has 0 aromatic carbocycles. The predicted molar refractivity (Wildman–Crippen MR) is 27.8 cm³/mol. The van der Waals surface area contributed by atoms with E-state index in [4.69, 9.17) is 0 Å². The standard InChI is InChI=1S/C6H6F2/c7-5-2-1-3-6(8)4-5/h1-3,5H,4H2/t5-/m1/s1. The van der Waals surface area contributed by atoms with Gasteiger partial charge in [0.1, 0.15) is 12.0 Å². The van der Waals surface area contributed by atoms with Crippen LogP contribution in [0.5, 0.6) is 0 Å². The van der Waals surface area contributed by atoms with Crippen LogP contribution in [0.4, 0.5) is 8.78 Å². The first-order valence-corrected chi connectivity index (χ1v) is 2.46. The van der Waals surface area contributed by atoms with Crippen molar-refractivity contribution >= 4 is 0 Å². The molecule has 1 atom stereocenters. The second kappa shape index (κ2) is 2.07. The lowest BCUT2D eigenvalue weighted by Crippen LogP contribution is -1.97. The summed E-state index contributed by atoms with van der Waals surface area (Å²) >= 11 is 0. The van der Waals surface area contributed by atoms with Crippen LogP contribution in [0, 0.1) is 0 Å². The smallest absolute Gasteiger partial charge is 0.125 e. The average Bonchev–Trinajstić information content (AvgIpc) is 1.64. The van der Waals surface area contributed by atoms with Crippen LogP contribution >= 0.6 is 0 Å². The summed E-state index contributed by atoms with van der Waals surface area (Å²) in [7, 11) is 0. The van der Waals surface area contributed by atoms with E-state index in [1.54, 1.807) is 0 Å². The molecule has 0 aliphatic heterocycles. The average molecular weight is 116 g/mol. The van der Waals surface area contributed by atoms with Crippen molar-refractivity contribution in [2.75, 3.05) is 0 Å². The first-order chi connectivity index (χ1) is 3.79. The molecule has 0 heterocycles. The van der Waals surface area contributed by atoms with Crippen molar-refractivity contribution in [3.8, 4) is 0 Å². The number of allylic oxidation sites excluding steroid dienone is 4. The van der Waals surface area contributed by atoms with Crippen molar-refractivity contribution in [3.63, 3.8) is 0 Å². The maximum Gasteiger partial charge on any atom is 0.125 e. The number of alkyl halides is 1. The summed E-state index contributed by atoms with van der Waals surface area (Å²) < 4.78 is 24.1. The predicted octanol–water partition coefficient (Wildman–Crippen LogP) is 2.14. The monoisotopic (exact) mass is 116 g/mol. The quantitative estimate of drug-likeness (QED) is 0.454. The SMILES string of the molecule is FC1=CC=C[C@@H](F)C1. The van der Waals surface area contributed by atoms with Gasteiger partial charge in [-0.25, -0.2) is 8.78 Å². The van der Waals surface area contributed by atoms with Crippen LogP contribution in [0.1, 0.15) is 6.42 Å². The second-order valence-corrected chi connectivity index (χ2v) is 1.72. The molecule has 0 aromatic heterocycles. The molecule has 1 aliphatic carbocycles. The van der Waals surface area contributed by atoms with Crippen LogP contribution in [0.25, 0.3) is 0 Å². The highest BCUT2D eigenvalue weighted by Gasteiger charge is 2.07. The van der Waals surface area contributed by atoms with Crippen LogP contribution < -0.4 is 0 Å². The largest absolute Gasteiger partial charge is 0.242 e. The van der Waals surface area contributed by atoms with Crippen LogP contribution in [0.15, 0.2) is 24.1 Å². The van der Waals surface area contributed by atoms with Gasteiger partial charge in [0.15, 0.2) is 0 Å². The summed E-state index contributed by atoms with van der Waals surface area (Å²) in [6, 6.07) is 0. The second-order valence-electron chi connectivity index (χ2n) is 1.72. The zero-order valence-electron chi connectivity index (χ0n) is 4.27. The van der Waals surface area contributed by atoms with Gasteiger partial charge in [-0.05, 0) is 6.08 Å². The Balaban J connectivity index is 2.59. The zero-order valence-corrected chi connectivity index (χ0v) is 4.27. The molecule has 0 nitrogen and oxygen atoms in total. The van der Waals surface area contributed by atoms with Crippen molar-refractivity contribution in [1.82, 2.24) is 0 Å². The molecule has 8 heavy (non-hydrogen) atoms. The topological polar surface area (TPSA) is 0 Å². The number of rotatable bonds is 0. The van der Waals surface area contributed by atoms with Crippen LogP contribution in [-0.2, 0) is 0 Å². The molecule has 1 rings (SSSR count). The fourth-order valence-corrected chi connectivity index (χ4v) is 0.603. The summed E-state index contributed by atoms with van der Waals surface area (Å²) in [5.74, 6) is -0.375. The van der Waals surface area contributed by atoms with E-state index in [9.17, 15) is 8.78 Å². The van der Waals surface area contributed by atoms with Gasteiger partial charge in [0.05, 0.1) is 0 Å². The van der Waals surface area contributed by atoms with Gasteiger partial charge in [0.25, 0.3) is 0 Å². The van der Waals surface area contributed by atoms with E-state index in [-0.39, 0.29) is 12.2 Å². The Morgan fingerprint density at radius 2 is 2.38 bits per heavy atom. The van der Waals surface area contributed by atoms with Gasteiger partial charge >= 0.3 is 0 Å². The van der Waals surface area contributed by atoms with Crippen LogP contribution in [0.3, 0.4) is 0 Å². The Hall–Kier alpha value is -0.660. The molecule has 44 valence electrons. The molecule has 2 heteroatoms. The Morgan fingerprint density at radius 3 is 2.75 bits per heavy atom. The van der Waals surface area contributed by atoms with Gasteiger partial charge in [0.2, 0.25) is 0 Å². The molecule has 0 unspecified atom stereocenters. The molecule has 0 spiro atoms. The molecular weight excluding hydrogens is 110 g/mol. The van der Waals surface area contributed by atoms with E-state index in [1.807, 2.05) is 0 Å². The lowest BCUT2D eigenvalue weighted by Gasteiger charge is -2.02. The van der Waals surface area contributed by atoms with Gasteiger partial charge in [0, 0.05) is 6.42 Å². The highest BCUT2D eigenvalue weighted by Crippen LogP contribution is 2.15. The third-order valence-electron chi connectivity index (χ3n) is 0.987. The lowest BCUT2D eigenvalue weighted by molar-refractivity contribution is 0.369. The van der Waals surface area contributed by atoms with Crippen molar-refractivity contribution in [2.45, 2.75) is 12.6 Å². The van der Waals surface area contributed by atoms with Gasteiger partial charge in [-0.1, -0.05) is 12.2 Å². The minimum Gasteiger partial charge on any atom is -0.242 e. The molecule has 0 bridgehead atoms. The molecule has 0 fully saturated rings. The molecule has 0 aromatic rings. The summed E-state index contributed by atoms with van der Waals surface area (Å²) in [6.07, 6.45) is 2.80. The van der Waals surface area contributed by atoms with Gasteiger partial charge in [-0.15, -0.1) is 0 Å². The maximum atomic E-state index is 12.1. The van der Waals surface area contributed by atoms with Crippen molar-refractivity contribution < 1.29 is 8.78 Å². The minimum absolute atomic E-state index is 0.0868. The van der Waals surface area contributed by atoms with E-state index < -0.39 is 6.17 Å². The molecule has 1 aliphatic rings. The first kappa shape index (κ1) is 5.48. The summed E-state index contributed by atoms with van der Waals surface area (Å²) in [5.41, 5.74) is 0. The molecule has 0 amide bonds. The van der Waals surface area contributed by atoms with E-state index in [0.717, 1.165) is 0 Å². The van der Waals surface area contributed by atoms with Gasteiger partial charge < -0.3 is 0 Å². The number of halogens is 2. The Morgan fingerprint density at radius 1 is 1.62 bits per heavy atom. The first-order valence-electron chi connectivity index (χ1n) is 2.46. The molecule has 0 saturated heterocycles. The van der Waals surface area contributed by atoms with E-state index in [2.05, 4.69) is 0 Å². The number of hydrogen-bond donors (Lipinski definition) is 0. The van der Waals surface area contributed by atoms with Crippen LogP contribution in [-0.4, -0.2) is 6.17 Å². The zero-order chi connectivity index (χ0) is 5.98. The summed E-state index contributed by atoms with van der Waals surface area (Å²) in [5, 5.41) is 0. The molecule has 0 N–H and O–H groups in total. The third kappa shape index (κ3) is 1.15. The normalized spacial score (nSPS) is 27.8. The molecular formula is C6H6F2. The third-order valence-corrected chi connectivity index (χ3v) is 0.987. The van der Waals surface area contributed by atoms with E-state index in [0.29, 0.717) is 0 Å². The summed E-state index contributed by atoms with van der Waals surface area (Å²) in [4.78, 5) is 0. The molecule has 0 saturated carbocycles. The fraction of sp³-hybridized carbons (Fsp3) is 0.333. The summed E-state index contributed by atoms with van der Waals surface area (Å²) in [6.45, 7) is 0. The van der Waals surface area contributed by atoms with Crippen molar-refractivity contribution in [1.29, 1.82) is 0 Å². The van der Waals surface area contributed by atoms with E-state index >= 15 is 0 Å². The van der Waals surface area contributed by atoms with Gasteiger partial charge in [-0.2, -0.15) is 0 Å². The maximum absolute atomic E-state index is 12.1. The lowest BCUT2D eigenvalue weighted by atomic mass is 10.1. The highest BCUT2D eigenvalue weighted by molar-refractivity contribution is 5.15. The Kier molecular flexibility index (Phi) is 1.42.